The van der Waals surface area contributed by atoms with E-state index in [1.807, 2.05) is 11.6 Å². The molecule has 0 saturated heterocycles. The van der Waals surface area contributed by atoms with Gasteiger partial charge in [-0.05, 0) is 0 Å². The number of aromatic nitrogens is 5. The van der Waals surface area contributed by atoms with Gasteiger partial charge in [-0.2, -0.15) is 0 Å². The summed E-state index contributed by atoms with van der Waals surface area (Å²) in [5.74, 6) is 0.774. The summed E-state index contributed by atoms with van der Waals surface area (Å²) in [5, 5.41) is 7.67. The monoisotopic (exact) mass is 161 g/mol. The molecule has 0 aromatic carbocycles. The highest BCUT2D eigenvalue weighted by Crippen LogP contribution is 2.10. The summed E-state index contributed by atoms with van der Waals surface area (Å²) in [5.41, 5.74) is 0.873. The first kappa shape index (κ1) is 6.90. The maximum absolute atomic E-state index is 3.92. The molecule has 0 bridgehead atoms. The molecule has 2 heterocycles. The lowest BCUT2D eigenvalue weighted by molar-refractivity contribution is 0.916. The minimum atomic E-state index is 0.774. The molecule has 0 aliphatic rings. The molecule has 0 amide bonds. The van der Waals surface area contributed by atoms with E-state index < -0.39 is 0 Å². The Bertz CT molecular complexity index is 366. The third kappa shape index (κ3) is 1.05. The second-order valence-electron chi connectivity index (χ2n) is 2.39. The van der Waals surface area contributed by atoms with E-state index in [2.05, 4.69) is 20.2 Å². The smallest absolute Gasteiger partial charge is 0.166 e. The van der Waals surface area contributed by atoms with Gasteiger partial charge in [0.1, 0.15) is 12.7 Å². The van der Waals surface area contributed by atoms with E-state index in [-0.39, 0.29) is 0 Å². The third-order valence-corrected chi connectivity index (χ3v) is 1.53. The third-order valence-electron chi connectivity index (χ3n) is 1.53. The Kier molecular flexibility index (Phi) is 1.55. The predicted molar refractivity (Wildman–Crippen MR) is 42.0 cm³/mol. The standard InChI is InChI=1S/C7H7N5/c1-12-5-10-11-7(12)6-2-8-4-9-3-6/h2-5H,1H3. The van der Waals surface area contributed by atoms with Gasteiger partial charge in [0.25, 0.3) is 0 Å². The van der Waals surface area contributed by atoms with Crippen LogP contribution in [0.5, 0.6) is 0 Å². The molecule has 0 saturated carbocycles. The molecular weight excluding hydrogens is 154 g/mol. The highest BCUT2D eigenvalue weighted by molar-refractivity contribution is 5.51. The van der Waals surface area contributed by atoms with Crippen LogP contribution in [0.3, 0.4) is 0 Å². The molecule has 0 aliphatic heterocycles. The fourth-order valence-corrected chi connectivity index (χ4v) is 0.959. The minimum absolute atomic E-state index is 0.774. The summed E-state index contributed by atoms with van der Waals surface area (Å²) in [7, 11) is 1.88. The van der Waals surface area contributed by atoms with Crippen LogP contribution in [0.1, 0.15) is 0 Å². The Balaban J connectivity index is 2.51. The van der Waals surface area contributed by atoms with Crippen LogP contribution in [0.15, 0.2) is 25.0 Å². The van der Waals surface area contributed by atoms with Gasteiger partial charge in [-0.25, -0.2) is 9.97 Å². The molecule has 0 unspecified atom stereocenters. The Labute approximate surface area is 69.1 Å². The Morgan fingerprint density at radius 1 is 1.25 bits per heavy atom. The van der Waals surface area contributed by atoms with E-state index in [9.17, 15) is 0 Å². The Hall–Kier alpha value is -1.78. The van der Waals surface area contributed by atoms with E-state index >= 15 is 0 Å². The van der Waals surface area contributed by atoms with E-state index in [0.717, 1.165) is 11.4 Å². The maximum atomic E-state index is 3.92. The van der Waals surface area contributed by atoms with Crippen LogP contribution in [0.4, 0.5) is 0 Å². The van der Waals surface area contributed by atoms with Crippen LogP contribution >= 0.6 is 0 Å². The zero-order chi connectivity index (χ0) is 8.39. The average molecular weight is 161 g/mol. The fraction of sp³-hybridized carbons (Fsp3) is 0.143. The van der Waals surface area contributed by atoms with E-state index in [1.165, 1.54) is 6.33 Å². The fourth-order valence-electron chi connectivity index (χ4n) is 0.959. The number of aryl methyl sites for hydroxylation is 1. The van der Waals surface area contributed by atoms with Crippen LogP contribution < -0.4 is 0 Å². The van der Waals surface area contributed by atoms with Gasteiger partial charge in [0.2, 0.25) is 0 Å². The first-order chi connectivity index (χ1) is 5.88. The van der Waals surface area contributed by atoms with Crippen LogP contribution in [0.25, 0.3) is 11.4 Å². The van der Waals surface area contributed by atoms with Crippen LogP contribution in [0, 0.1) is 0 Å². The summed E-state index contributed by atoms with van der Waals surface area (Å²) >= 11 is 0. The van der Waals surface area contributed by atoms with Crippen molar-refractivity contribution in [2.75, 3.05) is 0 Å². The van der Waals surface area contributed by atoms with Crippen molar-refractivity contribution in [3.63, 3.8) is 0 Å². The zero-order valence-electron chi connectivity index (χ0n) is 6.55. The first-order valence-corrected chi connectivity index (χ1v) is 3.47. The van der Waals surface area contributed by atoms with Gasteiger partial charge in [-0.3, -0.25) is 0 Å². The maximum Gasteiger partial charge on any atom is 0.166 e. The van der Waals surface area contributed by atoms with Gasteiger partial charge < -0.3 is 4.57 Å². The Morgan fingerprint density at radius 2 is 2.00 bits per heavy atom. The lowest BCUT2D eigenvalue weighted by atomic mass is 10.3. The van der Waals surface area contributed by atoms with Crippen molar-refractivity contribution < 1.29 is 0 Å². The molecule has 5 heteroatoms. The molecule has 2 aromatic heterocycles. The van der Waals surface area contributed by atoms with E-state index in [4.69, 9.17) is 0 Å². The number of rotatable bonds is 1. The summed E-state index contributed by atoms with van der Waals surface area (Å²) in [6.07, 6.45) is 6.54. The SMILES string of the molecule is Cn1cnnc1-c1cncnc1. The molecule has 0 spiro atoms. The largest absolute Gasteiger partial charge is 0.317 e. The lowest BCUT2D eigenvalue weighted by Gasteiger charge is -1.96. The van der Waals surface area contributed by atoms with Crippen molar-refractivity contribution in [1.29, 1.82) is 0 Å². The van der Waals surface area contributed by atoms with Crippen molar-refractivity contribution in [2.45, 2.75) is 0 Å². The van der Waals surface area contributed by atoms with Crippen molar-refractivity contribution in [3.8, 4) is 11.4 Å². The molecule has 0 radical (unpaired) electrons. The van der Waals surface area contributed by atoms with Gasteiger partial charge in [0.15, 0.2) is 5.82 Å². The summed E-state index contributed by atoms with van der Waals surface area (Å²) in [6.45, 7) is 0. The van der Waals surface area contributed by atoms with Gasteiger partial charge in [-0.15, -0.1) is 10.2 Å². The lowest BCUT2D eigenvalue weighted by Crippen LogP contribution is -1.92. The topological polar surface area (TPSA) is 56.5 Å². The summed E-state index contributed by atoms with van der Waals surface area (Å²) in [6, 6.07) is 0. The Morgan fingerprint density at radius 3 is 2.58 bits per heavy atom. The molecule has 0 N–H and O–H groups in total. The molecule has 2 rings (SSSR count). The molecule has 60 valence electrons. The second-order valence-corrected chi connectivity index (χ2v) is 2.39. The number of nitrogens with zero attached hydrogens (tertiary/aromatic N) is 5. The molecule has 0 atom stereocenters. The number of hydrogen-bond acceptors (Lipinski definition) is 4. The quantitative estimate of drug-likeness (QED) is 0.602. The van der Waals surface area contributed by atoms with Gasteiger partial charge in [0, 0.05) is 19.4 Å². The molecular formula is C7H7N5. The summed E-state index contributed by atoms with van der Waals surface area (Å²) < 4.78 is 1.82. The molecule has 0 fully saturated rings. The van der Waals surface area contributed by atoms with Gasteiger partial charge in [-0.1, -0.05) is 0 Å². The second kappa shape index (κ2) is 2.69. The van der Waals surface area contributed by atoms with Crippen LogP contribution in [0.2, 0.25) is 0 Å². The predicted octanol–water partition coefficient (Wildman–Crippen LogP) is 0.272. The zero-order valence-corrected chi connectivity index (χ0v) is 6.55. The molecule has 5 nitrogen and oxygen atoms in total. The van der Waals surface area contributed by atoms with E-state index in [1.54, 1.807) is 18.7 Å². The van der Waals surface area contributed by atoms with E-state index in [0.29, 0.717) is 0 Å². The van der Waals surface area contributed by atoms with Gasteiger partial charge >= 0.3 is 0 Å². The van der Waals surface area contributed by atoms with Crippen molar-refractivity contribution in [2.24, 2.45) is 7.05 Å². The highest BCUT2D eigenvalue weighted by Gasteiger charge is 2.02. The van der Waals surface area contributed by atoms with Crippen molar-refractivity contribution in [3.05, 3.63) is 25.0 Å². The highest BCUT2D eigenvalue weighted by atomic mass is 15.2. The first-order valence-electron chi connectivity index (χ1n) is 3.47. The summed E-state index contributed by atoms with van der Waals surface area (Å²) in [4.78, 5) is 7.78. The van der Waals surface area contributed by atoms with Crippen molar-refractivity contribution >= 4 is 0 Å². The average Bonchev–Trinajstić information content (AvgIpc) is 2.53. The van der Waals surface area contributed by atoms with Crippen molar-refractivity contribution in [1.82, 2.24) is 24.7 Å². The van der Waals surface area contributed by atoms with Crippen LogP contribution in [-0.4, -0.2) is 24.7 Å². The molecule has 2 aromatic rings. The minimum Gasteiger partial charge on any atom is -0.317 e. The molecule has 12 heavy (non-hydrogen) atoms. The normalized spacial score (nSPS) is 10.1. The number of hydrogen-bond donors (Lipinski definition) is 0. The van der Waals surface area contributed by atoms with Gasteiger partial charge in [0.05, 0.1) is 5.56 Å². The molecule has 0 aliphatic carbocycles. The van der Waals surface area contributed by atoms with Crippen LogP contribution in [-0.2, 0) is 7.05 Å².